The monoisotopic (exact) mass is 205 g/mol. The van der Waals surface area contributed by atoms with E-state index in [-0.39, 0.29) is 11.9 Å². The van der Waals surface area contributed by atoms with Gasteiger partial charge in [0.15, 0.2) is 0 Å². The summed E-state index contributed by atoms with van der Waals surface area (Å²) in [5, 5.41) is 3.21. The average molecular weight is 205 g/mol. The minimum absolute atomic E-state index is 0.158. The van der Waals surface area contributed by atoms with Crippen LogP contribution in [0, 0.1) is 12.7 Å². The van der Waals surface area contributed by atoms with Crippen molar-refractivity contribution in [2.45, 2.75) is 32.2 Å². The van der Waals surface area contributed by atoms with Gasteiger partial charge in [0.1, 0.15) is 5.82 Å². The molecule has 1 unspecified atom stereocenters. The van der Waals surface area contributed by atoms with E-state index in [1.807, 2.05) is 19.1 Å². The first-order chi connectivity index (χ1) is 7.25. The summed E-state index contributed by atoms with van der Waals surface area (Å²) >= 11 is 0. The molecule has 80 valence electrons. The Labute approximate surface area is 90.0 Å². The van der Waals surface area contributed by atoms with Gasteiger partial charge in [-0.1, -0.05) is 18.2 Å². The first-order valence-corrected chi connectivity index (χ1v) is 5.45. The Bertz CT molecular complexity index is 371. The minimum Gasteiger partial charge on any atom is -0.376 e. The smallest absolute Gasteiger partial charge is 0.146 e. The molecular weight excluding hydrogens is 189 g/mol. The maximum absolute atomic E-state index is 13.5. The first-order valence-electron chi connectivity index (χ1n) is 5.45. The summed E-state index contributed by atoms with van der Waals surface area (Å²) in [6, 6.07) is 5.59. The molecule has 0 spiro atoms. The molecule has 15 heavy (non-hydrogen) atoms. The number of allylic oxidation sites excluding steroid dienone is 1. The number of hydrogen-bond acceptors (Lipinski definition) is 1. The molecule has 0 amide bonds. The Balaban J connectivity index is 2.09. The van der Waals surface area contributed by atoms with Crippen molar-refractivity contribution < 1.29 is 4.39 Å². The van der Waals surface area contributed by atoms with Crippen LogP contribution in [-0.2, 0) is 0 Å². The van der Waals surface area contributed by atoms with Gasteiger partial charge >= 0.3 is 0 Å². The van der Waals surface area contributed by atoms with Gasteiger partial charge in [-0.3, -0.25) is 0 Å². The van der Waals surface area contributed by atoms with E-state index in [1.54, 1.807) is 6.07 Å². The number of halogens is 1. The van der Waals surface area contributed by atoms with E-state index in [2.05, 4.69) is 17.5 Å². The van der Waals surface area contributed by atoms with E-state index < -0.39 is 0 Å². The summed E-state index contributed by atoms with van der Waals surface area (Å²) in [4.78, 5) is 0. The van der Waals surface area contributed by atoms with Gasteiger partial charge in [0.2, 0.25) is 0 Å². The molecule has 1 nitrogen and oxygen atoms in total. The van der Waals surface area contributed by atoms with Crippen molar-refractivity contribution in [3.05, 3.63) is 41.7 Å². The van der Waals surface area contributed by atoms with Crippen LogP contribution in [0.25, 0.3) is 0 Å². The SMILES string of the molecule is Cc1ccc(NC2C=CCCC2)c(F)c1. The van der Waals surface area contributed by atoms with Crippen molar-refractivity contribution in [2.75, 3.05) is 5.32 Å². The van der Waals surface area contributed by atoms with Gasteiger partial charge in [-0.25, -0.2) is 4.39 Å². The average Bonchev–Trinajstić information content (AvgIpc) is 2.24. The van der Waals surface area contributed by atoms with Crippen LogP contribution in [0.15, 0.2) is 30.4 Å². The number of hydrogen-bond donors (Lipinski definition) is 1. The standard InChI is InChI=1S/C13H16FN/c1-10-7-8-13(12(14)9-10)15-11-5-3-2-4-6-11/h3,5,7-9,11,15H,2,4,6H2,1H3. The summed E-state index contributed by atoms with van der Waals surface area (Å²) in [5.41, 5.74) is 1.56. The normalized spacial score (nSPS) is 20.3. The van der Waals surface area contributed by atoms with Gasteiger partial charge in [-0.05, 0) is 43.9 Å². The van der Waals surface area contributed by atoms with E-state index in [0.29, 0.717) is 5.69 Å². The molecule has 0 saturated carbocycles. The van der Waals surface area contributed by atoms with Crippen LogP contribution in [0.1, 0.15) is 24.8 Å². The fourth-order valence-corrected chi connectivity index (χ4v) is 1.87. The van der Waals surface area contributed by atoms with Crippen molar-refractivity contribution in [2.24, 2.45) is 0 Å². The molecule has 0 heterocycles. The molecular formula is C13H16FN. The van der Waals surface area contributed by atoms with Crippen molar-refractivity contribution in [1.29, 1.82) is 0 Å². The zero-order valence-electron chi connectivity index (χ0n) is 8.96. The Kier molecular flexibility index (Phi) is 3.05. The third-order valence-corrected chi connectivity index (χ3v) is 2.72. The molecule has 1 atom stereocenters. The van der Waals surface area contributed by atoms with E-state index in [9.17, 15) is 4.39 Å². The molecule has 1 aliphatic rings. The van der Waals surface area contributed by atoms with Crippen molar-refractivity contribution >= 4 is 5.69 Å². The molecule has 0 aliphatic heterocycles. The maximum atomic E-state index is 13.5. The van der Waals surface area contributed by atoms with Crippen LogP contribution in [-0.4, -0.2) is 6.04 Å². The molecule has 0 bridgehead atoms. The minimum atomic E-state index is -0.158. The highest BCUT2D eigenvalue weighted by molar-refractivity contribution is 5.47. The predicted molar refractivity (Wildman–Crippen MR) is 61.5 cm³/mol. The summed E-state index contributed by atoms with van der Waals surface area (Å²) < 4.78 is 13.5. The second-order valence-electron chi connectivity index (χ2n) is 4.09. The molecule has 0 fully saturated rings. The molecule has 0 saturated heterocycles. The lowest BCUT2D eigenvalue weighted by Crippen LogP contribution is -2.19. The molecule has 0 aromatic heterocycles. The molecule has 2 rings (SSSR count). The molecule has 1 N–H and O–H groups in total. The van der Waals surface area contributed by atoms with Crippen LogP contribution >= 0.6 is 0 Å². The number of anilines is 1. The van der Waals surface area contributed by atoms with Crippen molar-refractivity contribution in [1.82, 2.24) is 0 Å². The number of aryl methyl sites for hydroxylation is 1. The summed E-state index contributed by atoms with van der Waals surface area (Å²) in [6.45, 7) is 1.90. The molecule has 2 heteroatoms. The lowest BCUT2D eigenvalue weighted by Gasteiger charge is -2.19. The third kappa shape index (κ3) is 2.58. The number of nitrogens with one attached hydrogen (secondary N) is 1. The Hall–Kier alpha value is -1.31. The van der Waals surface area contributed by atoms with E-state index in [0.717, 1.165) is 18.4 Å². The molecule has 1 aromatic carbocycles. The highest BCUT2D eigenvalue weighted by Crippen LogP contribution is 2.20. The van der Waals surface area contributed by atoms with Gasteiger partial charge in [0.05, 0.1) is 5.69 Å². The van der Waals surface area contributed by atoms with Crippen molar-refractivity contribution in [3.8, 4) is 0 Å². The van der Waals surface area contributed by atoms with Gasteiger partial charge in [0.25, 0.3) is 0 Å². The highest BCUT2D eigenvalue weighted by Gasteiger charge is 2.10. The van der Waals surface area contributed by atoms with Gasteiger partial charge in [-0.2, -0.15) is 0 Å². The summed E-state index contributed by atoms with van der Waals surface area (Å²) in [7, 11) is 0. The third-order valence-electron chi connectivity index (χ3n) is 2.72. The largest absolute Gasteiger partial charge is 0.376 e. The van der Waals surface area contributed by atoms with Crippen molar-refractivity contribution in [3.63, 3.8) is 0 Å². The Morgan fingerprint density at radius 3 is 2.93 bits per heavy atom. The summed E-state index contributed by atoms with van der Waals surface area (Å²) in [5.74, 6) is -0.158. The van der Waals surface area contributed by atoms with E-state index in [1.165, 1.54) is 6.42 Å². The molecule has 1 aliphatic carbocycles. The summed E-state index contributed by atoms with van der Waals surface area (Å²) in [6.07, 6.45) is 7.70. The molecule has 1 aromatic rings. The Morgan fingerprint density at radius 2 is 2.27 bits per heavy atom. The molecule has 0 radical (unpaired) electrons. The van der Waals surface area contributed by atoms with E-state index >= 15 is 0 Å². The lowest BCUT2D eigenvalue weighted by molar-refractivity contribution is 0.619. The second-order valence-corrected chi connectivity index (χ2v) is 4.09. The quantitative estimate of drug-likeness (QED) is 0.726. The Morgan fingerprint density at radius 1 is 1.40 bits per heavy atom. The maximum Gasteiger partial charge on any atom is 0.146 e. The van der Waals surface area contributed by atoms with Crippen LogP contribution in [0.4, 0.5) is 10.1 Å². The zero-order valence-corrected chi connectivity index (χ0v) is 8.96. The number of benzene rings is 1. The lowest BCUT2D eigenvalue weighted by atomic mass is 10.0. The van der Waals surface area contributed by atoms with Gasteiger partial charge in [-0.15, -0.1) is 0 Å². The highest BCUT2D eigenvalue weighted by atomic mass is 19.1. The van der Waals surface area contributed by atoms with E-state index in [4.69, 9.17) is 0 Å². The topological polar surface area (TPSA) is 12.0 Å². The fraction of sp³-hybridized carbons (Fsp3) is 0.385. The fourth-order valence-electron chi connectivity index (χ4n) is 1.87. The predicted octanol–water partition coefficient (Wildman–Crippen LogP) is 3.65. The van der Waals surface area contributed by atoms with Crippen LogP contribution in [0.2, 0.25) is 0 Å². The van der Waals surface area contributed by atoms with Crippen LogP contribution in [0.5, 0.6) is 0 Å². The van der Waals surface area contributed by atoms with Gasteiger partial charge in [0, 0.05) is 6.04 Å². The first kappa shape index (κ1) is 10.2. The van der Waals surface area contributed by atoms with Gasteiger partial charge < -0.3 is 5.32 Å². The number of rotatable bonds is 2. The zero-order chi connectivity index (χ0) is 10.7. The second kappa shape index (κ2) is 4.47. The van der Waals surface area contributed by atoms with Crippen LogP contribution in [0.3, 0.4) is 0 Å². The van der Waals surface area contributed by atoms with Crippen LogP contribution < -0.4 is 5.32 Å².